The lowest BCUT2D eigenvalue weighted by atomic mass is 10.2. The van der Waals surface area contributed by atoms with Gasteiger partial charge >= 0.3 is 6.36 Å². The van der Waals surface area contributed by atoms with Crippen LogP contribution in [0.25, 0.3) is 17.1 Å². The summed E-state index contributed by atoms with van der Waals surface area (Å²) in [6.07, 6.45) is -3.18. The molecular formula is C18H12F3N5O2S. The van der Waals surface area contributed by atoms with Crippen molar-refractivity contribution in [2.45, 2.75) is 17.3 Å². The van der Waals surface area contributed by atoms with Gasteiger partial charge in [0.2, 0.25) is 11.0 Å². The highest BCUT2D eigenvalue weighted by molar-refractivity contribution is 7.98. The van der Waals surface area contributed by atoms with E-state index in [0.29, 0.717) is 28.2 Å². The Kier molecular flexibility index (Phi) is 5.21. The lowest BCUT2D eigenvalue weighted by molar-refractivity contribution is -0.274. The Labute approximate surface area is 166 Å². The van der Waals surface area contributed by atoms with Crippen LogP contribution >= 0.6 is 11.8 Å². The Balaban J connectivity index is 1.44. The standard InChI is InChI=1S/C18H12F3N5O2S/c19-18(20,21)28-15-8-6-14(7-9-15)26-17(23-24-25-26)29-11-13-10-27-16(22-13)12-4-2-1-3-5-12/h1-10H,11H2. The topological polar surface area (TPSA) is 78.9 Å². The molecule has 4 rings (SSSR count). The highest BCUT2D eigenvalue weighted by atomic mass is 32.2. The number of hydrogen-bond acceptors (Lipinski definition) is 7. The van der Waals surface area contributed by atoms with Crippen LogP contribution in [0.3, 0.4) is 0 Å². The molecule has 0 fully saturated rings. The fourth-order valence-electron chi connectivity index (χ4n) is 2.45. The summed E-state index contributed by atoms with van der Waals surface area (Å²) in [7, 11) is 0. The van der Waals surface area contributed by atoms with Crippen LogP contribution < -0.4 is 4.74 Å². The van der Waals surface area contributed by atoms with Crippen LogP contribution in [-0.4, -0.2) is 31.6 Å². The molecule has 0 amide bonds. The van der Waals surface area contributed by atoms with E-state index in [0.717, 1.165) is 5.56 Å². The van der Waals surface area contributed by atoms with Gasteiger partial charge in [-0.05, 0) is 46.8 Å². The number of oxazole rings is 1. The molecule has 0 aliphatic heterocycles. The first-order valence-electron chi connectivity index (χ1n) is 8.25. The van der Waals surface area contributed by atoms with Crippen LogP contribution in [0.15, 0.2) is 70.4 Å². The smallest absolute Gasteiger partial charge is 0.444 e. The van der Waals surface area contributed by atoms with Crippen molar-refractivity contribution >= 4 is 11.8 Å². The van der Waals surface area contributed by atoms with Crippen molar-refractivity contribution in [3.05, 3.63) is 66.6 Å². The highest BCUT2D eigenvalue weighted by Gasteiger charge is 2.31. The monoisotopic (exact) mass is 419 g/mol. The molecule has 0 aliphatic rings. The first-order valence-corrected chi connectivity index (χ1v) is 9.24. The lowest BCUT2D eigenvalue weighted by Crippen LogP contribution is -2.17. The molecule has 11 heteroatoms. The number of aromatic nitrogens is 5. The first kappa shape index (κ1) is 19.0. The van der Waals surface area contributed by atoms with E-state index in [1.807, 2.05) is 30.3 Å². The molecule has 2 heterocycles. The molecule has 2 aromatic carbocycles. The molecule has 7 nitrogen and oxygen atoms in total. The molecule has 0 bridgehead atoms. The third kappa shape index (κ3) is 4.74. The Morgan fingerprint density at radius 3 is 2.52 bits per heavy atom. The van der Waals surface area contributed by atoms with Crippen molar-refractivity contribution in [1.82, 2.24) is 25.2 Å². The van der Waals surface area contributed by atoms with Crippen molar-refractivity contribution in [2.75, 3.05) is 0 Å². The zero-order valence-electron chi connectivity index (χ0n) is 14.6. The van der Waals surface area contributed by atoms with Gasteiger partial charge in [-0.2, -0.15) is 4.68 Å². The third-order valence-corrected chi connectivity index (χ3v) is 4.63. The molecule has 148 valence electrons. The van der Waals surface area contributed by atoms with Crippen LogP contribution in [0.4, 0.5) is 13.2 Å². The zero-order chi connectivity index (χ0) is 20.3. The predicted molar refractivity (Wildman–Crippen MR) is 97.3 cm³/mol. The van der Waals surface area contributed by atoms with Gasteiger partial charge in [-0.25, -0.2) is 4.98 Å². The molecule has 0 N–H and O–H groups in total. The average molecular weight is 419 g/mol. The highest BCUT2D eigenvalue weighted by Crippen LogP contribution is 2.27. The van der Waals surface area contributed by atoms with Gasteiger partial charge in [0.15, 0.2) is 0 Å². The molecule has 2 aromatic heterocycles. The van der Waals surface area contributed by atoms with Crippen LogP contribution in [0.5, 0.6) is 5.75 Å². The van der Waals surface area contributed by atoms with E-state index >= 15 is 0 Å². The molecule has 0 atom stereocenters. The molecule has 0 saturated heterocycles. The van der Waals surface area contributed by atoms with Gasteiger partial charge in [-0.3, -0.25) is 0 Å². The van der Waals surface area contributed by atoms with Gasteiger partial charge in [0.05, 0.1) is 11.4 Å². The Morgan fingerprint density at radius 2 is 1.79 bits per heavy atom. The first-order chi connectivity index (χ1) is 14.0. The molecule has 0 unspecified atom stereocenters. The largest absolute Gasteiger partial charge is 0.573 e. The summed E-state index contributed by atoms with van der Waals surface area (Å²) in [5.74, 6) is 0.645. The third-order valence-electron chi connectivity index (χ3n) is 3.68. The number of hydrogen-bond donors (Lipinski definition) is 0. The second-order valence-corrected chi connectivity index (χ2v) is 6.66. The fraction of sp³-hybridized carbons (Fsp3) is 0.111. The van der Waals surface area contributed by atoms with Crippen LogP contribution in [0.2, 0.25) is 0 Å². The molecular weight excluding hydrogens is 407 g/mol. The summed E-state index contributed by atoms with van der Waals surface area (Å²) in [6, 6.07) is 14.8. The molecule has 0 aliphatic carbocycles. The minimum absolute atomic E-state index is 0.320. The molecule has 0 saturated carbocycles. The minimum atomic E-state index is -4.74. The van der Waals surface area contributed by atoms with Gasteiger partial charge in [0, 0.05) is 11.3 Å². The van der Waals surface area contributed by atoms with Crippen LogP contribution in [0.1, 0.15) is 5.69 Å². The van der Waals surface area contributed by atoms with Crippen molar-refractivity contribution < 1.29 is 22.3 Å². The molecule has 0 spiro atoms. The maximum Gasteiger partial charge on any atom is 0.573 e. The zero-order valence-corrected chi connectivity index (χ0v) is 15.4. The van der Waals surface area contributed by atoms with Gasteiger partial charge in [-0.15, -0.1) is 18.3 Å². The Morgan fingerprint density at radius 1 is 1.03 bits per heavy atom. The number of alkyl halides is 3. The number of halogens is 3. The number of nitrogens with zero attached hydrogens (tertiary/aromatic N) is 5. The number of benzene rings is 2. The SMILES string of the molecule is FC(F)(F)Oc1ccc(-n2nnnc2SCc2coc(-c3ccccc3)n2)cc1. The Bertz CT molecular complexity index is 1080. The fourth-order valence-corrected chi connectivity index (χ4v) is 3.21. The van der Waals surface area contributed by atoms with Crippen LogP contribution in [0, 0.1) is 0 Å². The second kappa shape index (κ2) is 7.95. The van der Waals surface area contributed by atoms with Crippen molar-refractivity contribution in [3.63, 3.8) is 0 Å². The second-order valence-electron chi connectivity index (χ2n) is 5.71. The van der Waals surface area contributed by atoms with Gasteiger partial charge in [0.1, 0.15) is 12.0 Å². The predicted octanol–water partition coefficient (Wildman–Crippen LogP) is 4.51. The van der Waals surface area contributed by atoms with Crippen molar-refractivity contribution in [3.8, 4) is 22.9 Å². The average Bonchev–Trinajstić information content (AvgIpc) is 3.36. The van der Waals surface area contributed by atoms with E-state index < -0.39 is 6.36 Å². The summed E-state index contributed by atoms with van der Waals surface area (Å²) in [5, 5.41) is 11.9. The van der Waals surface area contributed by atoms with E-state index in [1.165, 1.54) is 40.7 Å². The number of rotatable bonds is 6. The number of thioether (sulfide) groups is 1. The summed E-state index contributed by atoms with van der Waals surface area (Å²) in [4.78, 5) is 4.44. The van der Waals surface area contributed by atoms with Gasteiger partial charge < -0.3 is 9.15 Å². The molecule has 0 radical (unpaired) electrons. The maximum absolute atomic E-state index is 12.3. The van der Waals surface area contributed by atoms with E-state index in [-0.39, 0.29) is 5.75 Å². The van der Waals surface area contributed by atoms with Gasteiger partial charge in [0.25, 0.3) is 0 Å². The summed E-state index contributed by atoms with van der Waals surface area (Å²) >= 11 is 1.32. The number of ether oxygens (including phenoxy) is 1. The van der Waals surface area contributed by atoms with E-state index in [2.05, 4.69) is 25.2 Å². The van der Waals surface area contributed by atoms with E-state index in [4.69, 9.17) is 4.42 Å². The minimum Gasteiger partial charge on any atom is -0.444 e. The summed E-state index contributed by atoms with van der Waals surface area (Å²) in [6.45, 7) is 0. The summed E-state index contributed by atoms with van der Waals surface area (Å²) < 4.78 is 47.6. The van der Waals surface area contributed by atoms with Gasteiger partial charge in [-0.1, -0.05) is 30.0 Å². The molecule has 4 aromatic rings. The van der Waals surface area contributed by atoms with Crippen molar-refractivity contribution in [2.24, 2.45) is 0 Å². The maximum atomic E-state index is 12.3. The normalized spacial score (nSPS) is 11.6. The summed E-state index contributed by atoms with van der Waals surface area (Å²) in [5.41, 5.74) is 2.07. The van der Waals surface area contributed by atoms with E-state index in [1.54, 1.807) is 6.26 Å². The Hall–Kier alpha value is -3.34. The van der Waals surface area contributed by atoms with E-state index in [9.17, 15) is 13.2 Å². The molecule has 29 heavy (non-hydrogen) atoms. The van der Waals surface area contributed by atoms with Crippen molar-refractivity contribution in [1.29, 1.82) is 0 Å². The van der Waals surface area contributed by atoms with Crippen LogP contribution in [-0.2, 0) is 5.75 Å². The lowest BCUT2D eigenvalue weighted by Gasteiger charge is -2.09. The quantitative estimate of drug-likeness (QED) is 0.426. The number of tetrazole rings is 1.